The number of aryl methyl sites for hydroxylation is 1. The first-order valence-electron chi connectivity index (χ1n) is 7.93. The minimum Gasteiger partial charge on any atom is -0.491 e. The summed E-state index contributed by atoms with van der Waals surface area (Å²) in [6.45, 7) is 3.81. The van der Waals surface area contributed by atoms with E-state index in [2.05, 4.69) is 5.32 Å². The van der Waals surface area contributed by atoms with Crippen molar-refractivity contribution in [2.24, 2.45) is 5.92 Å². The topological polar surface area (TPSA) is 41.5 Å². The van der Waals surface area contributed by atoms with Gasteiger partial charge in [0.05, 0.1) is 0 Å². The number of rotatable bonds is 8. The Morgan fingerprint density at radius 1 is 1.38 bits per heavy atom. The van der Waals surface area contributed by atoms with E-state index in [0.29, 0.717) is 13.2 Å². The molecule has 1 aromatic rings. The van der Waals surface area contributed by atoms with Crippen LogP contribution in [0.3, 0.4) is 0 Å². The lowest BCUT2D eigenvalue weighted by Gasteiger charge is -2.15. The molecule has 0 spiro atoms. The lowest BCUT2D eigenvalue weighted by molar-refractivity contribution is 0.106. The van der Waals surface area contributed by atoms with Crippen LogP contribution in [0.25, 0.3) is 0 Å². The zero-order valence-corrected chi connectivity index (χ0v) is 13.5. The molecule has 1 aromatic carbocycles. The molecule has 0 amide bonds. The van der Waals surface area contributed by atoms with Gasteiger partial charge in [-0.15, -0.1) is 0 Å². The van der Waals surface area contributed by atoms with Crippen LogP contribution in [0, 0.1) is 12.8 Å². The molecule has 2 N–H and O–H groups in total. The summed E-state index contributed by atoms with van der Waals surface area (Å²) in [6.07, 6.45) is 6.28. The van der Waals surface area contributed by atoms with Crippen LogP contribution in [0.2, 0.25) is 5.02 Å². The fourth-order valence-corrected chi connectivity index (χ4v) is 2.95. The van der Waals surface area contributed by atoms with E-state index >= 15 is 0 Å². The van der Waals surface area contributed by atoms with Crippen molar-refractivity contribution < 1.29 is 9.84 Å². The van der Waals surface area contributed by atoms with E-state index in [-0.39, 0.29) is 0 Å². The van der Waals surface area contributed by atoms with Gasteiger partial charge in [0.1, 0.15) is 18.5 Å². The van der Waals surface area contributed by atoms with Crippen LogP contribution in [0.4, 0.5) is 0 Å². The number of benzene rings is 1. The number of hydrogen-bond donors (Lipinski definition) is 2. The second-order valence-electron chi connectivity index (χ2n) is 6.02. The van der Waals surface area contributed by atoms with Crippen LogP contribution >= 0.6 is 11.6 Å². The van der Waals surface area contributed by atoms with Gasteiger partial charge < -0.3 is 15.2 Å². The molecule has 1 aliphatic carbocycles. The standard InChI is InChI=1S/C17H26ClNO2/c1-13-10-16(6-7-17(13)18)21-12-15(20)11-19-9-8-14-4-2-3-5-14/h6-7,10,14-15,19-20H,2-5,8-9,11-12H2,1H3. The minimum atomic E-state index is -0.482. The maximum Gasteiger partial charge on any atom is 0.119 e. The number of aliphatic hydroxyl groups excluding tert-OH is 1. The summed E-state index contributed by atoms with van der Waals surface area (Å²) in [5, 5.41) is 14.0. The van der Waals surface area contributed by atoms with E-state index < -0.39 is 6.10 Å². The number of nitrogens with one attached hydrogen (secondary N) is 1. The first kappa shape index (κ1) is 16.6. The third-order valence-electron chi connectivity index (χ3n) is 4.16. The van der Waals surface area contributed by atoms with Gasteiger partial charge in [0.25, 0.3) is 0 Å². The predicted octanol–water partition coefficient (Wildman–Crippen LogP) is 3.56. The van der Waals surface area contributed by atoms with Crippen LogP contribution in [-0.2, 0) is 0 Å². The van der Waals surface area contributed by atoms with Crippen molar-refractivity contribution in [1.29, 1.82) is 0 Å². The normalized spacial score (nSPS) is 17.1. The fourth-order valence-electron chi connectivity index (χ4n) is 2.83. The molecule has 0 heterocycles. The van der Waals surface area contributed by atoms with Crippen molar-refractivity contribution in [3.8, 4) is 5.75 Å². The van der Waals surface area contributed by atoms with Crippen molar-refractivity contribution in [2.75, 3.05) is 19.7 Å². The highest BCUT2D eigenvalue weighted by Gasteiger charge is 2.14. The number of aliphatic hydroxyl groups is 1. The van der Waals surface area contributed by atoms with Gasteiger partial charge in [0.15, 0.2) is 0 Å². The molecule has 118 valence electrons. The molecule has 2 rings (SSSR count). The van der Waals surface area contributed by atoms with Gasteiger partial charge in [-0.1, -0.05) is 37.3 Å². The van der Waals surface area contributed by atoms with Gasteiger partial charge in [-0.2, -0.15) is 0 Å². The Balaban J connectivity index is 1.58. The highest BCUT2D eigenvalue weighted by molar-refractivity contribution is 6.31. The van der Waals surface area contributed by atoms with Crippen LogP contribution in [0.1, 0.15) is 37.7 Å². The maximum absolute atomic E-state index is 9.91. The predicted molar refractivity (Wildman–Crippen MR) is 87.1 cm³/mol. The van der Waals surface area contributed by atoms with Gasteiger partial charge >= 0.3 is 0 Å². The van der Waals surface area contributed by atoms with Crippen LogP contribution < -0.4 is 10.1 Å². The molecule has 4 heteroatoms. The van der Waals surface area contributed by atoms with Crippen molar-refractivity contribution in [3.05, 3.63) is 28.8 Å². The maximum atomic E-state index is 9.91. The first-order chi connectivity index (χ1) is 10.1. The van der Waals surface area contributed by atoms with Gasteiger partial charge in [-0.05, 0) is 49.6 Å². The number of hydrogen-bond acceptors (Lipinski definition) is 3. The third kappa shape index (κ3) is 5.85. The fraction of sp³-hybridized carbons (Fsp3) is 0.647. The van der Waals surface area contributed by atoms with Crippen molar-refractivity contribution >= 4 is 11.6 Å². The lowest BCUT2D eigenvalue weighted by atomic mass is 10.0. The van der Waals surface area contributed by atoms with E-state index in [1.165, 1.54) is 32.1 Å². The average Bonchev–Trinajstić information content (AvgIpc) is 2.98. The number of halogens is 1. The van der Waals surface area contributed by atoms with Gasteiger partial charge in [0, 0.05) is 11.6 Å². The molecule has 0 aliphatic heterocycles. The number of ether oxygens (including phenoxy) is 1. The highest BCUT2D eigenvalue weighted by Crippen LogP contribution is 2.26. The Kier molecular flexibility index (Phi) is 6.81. The van der Waals surface area contributed by atoms with E-state index in [1.807, 2.05) is 25.1 Å². The summed E-state index contributed by atoms with van der Waals surface area (Å²) in [6, 6.07) is 5.54. The minimum absolute atomic E-state index is 0.303. The molecule has 1 atom stereocenters. The van der Waals surface area contributed by atoms with Crippen molar-refractivity contribution in [3.63, 3.8) is 0 Å². The smallest absolute Gasteiger partial charge is 0.119 e. The average molecular weight is 312 g/mol. The van der Waals surface area contributed by atoms with Crippen molar-refractivity contribution in [2.45, 2.75) is 45.1 Å². The molecule has 3 nitrogen and oxygen atoms in total. The molecule has 0 saturated heterocycles. The third-order valence-corrected chi connectivity index (χ3v) is 4.58. The summed E-state index contributed by atoms with van der Waals surface area (Å²) < 4.78 is 5.59. The molecule has 0 bridgehead atoms. The Labute approximate surface area is 132 Å². The summed E-state index contributed by atoms with van der Waals surface area (Å²) >= 11 is 5.97. The summed E-state index contributed by atoms with van der Waals surface area (Å²) in [5.41, 5.74) is 0.985. The second kappa shape index (κ2) is 8.62. The van der Waals surface area contributed by atoms with Crippen LogP contribution in [0.5, 0.6) is 5.75 Å². The van der Waals surface area contributed by atoms with E-state index in [0.717, 1.165) is 28.8 Å². The molecule has 1 saturated carbocycles. The molecule has 1 fully saturated rings. The largest absolute Gasteiger partial charge is 0.491 e. The molecular formula is C17H26ClNO2. The summed E-state index contributed by atoms with van der Waals surface area (Å²) in [5.74, 6) is 1.64. The van der Waals surface area contributed by atoms with Crippen molar-refractivity contribution in [1.82, 2.24) is 5.32 Å². The first-order valence-corrected chi connectivity index (χ1v) is 8.30. The van der Waals surface area contributed by atoms with E-state index in [4.69, 9.17) is 16.3 Å². The molecule has 21 heavy (non-hydrogen) atoms. The highest BCUT2D eigenvalue weighted by atomic mass is 35.5. The van der Waals surface area contributed by atoms with E-state index in [9.17, 15) is 5.11 Å². The Morgan fingerprint density at radius 2 is 2.14 bits per heavy atom. The van der Waals surface area contributed by atoms with Gasteiger partial charge in [-0.25, -0.2) is 0 Å². The SMILES string of the molecule is Cc1cc(OCC(O)CNCCC2CCCC2)ccc1Cl. The molecule has 1 aliphatic rings. The summed E-state index contributed by atoms with van der Waals surface area (Å²) in [4.78, 5) is 0. The zero-order valence-electron chi connectivity index (χ0n) is 12.8. The van der Waals surface area contributed by atoms with E-state index in [1.54, 1.807) is 0 Å². The van der Waals surface area contributed by atoms with Gasteiger partial charge in [0.2, 0.25) is 0 Å². The Bertz CT molecular complexity index is 433. The monoisotopic (exact) mass is 311 g/mol. The molecule has 1 unspecified atom stereocenters. The summed E-state index contributed by atoms with van der Waals surface area (Å²) in [7, 11) is 0. The lowest BCUT2D eigenvalue weighted by Crippen LogP contribution is -2.32. The molecule has 0 radical (unpaired) electrons. The Hall–Kier alpha value is -0.770. The molecular weight excluding hydrogens is 286 g/mol. The van der Waals surface area contributed by atoms with Crippen LogP contribution in [-0.4, -0.2) is 30.9 Å². The van der Waals surface area contributed by atoms with Gasteiger partial charge in [-0.3, -0.25) is 0 Å². The quantitative estimate of drug-likeness (QED) is 0.721. The zero-order chi connectivity index (χ0) is 15.1. The molecule has 0 aromatic heterocycles. The van der Waals surface area contributed by atoms with Crippen LogP contribution in [0.15, 0.2) is 18.2 Å². The Morgan fingerprint density at radius 3 is 2.86 bits per heavy atom. The second-order valence-corrected chi connectivity index (χ2v) is 6.43.